The van der Waals surface area contributed by atoms with Crippen LogP contribution >= 0.6 is 22.7 Å². The van der Waals surface area contributed by atoms with Gasteiger partial charge in [-0.05, 0) is 43.3 Å². The van der Waals surface area contributed by atoms with Gasteiger partial charge < -0.3 is 4.90 Å². The first-order valence-electron chi connectivity index (χ1n) is 11.9. The lowest BCUT2D eigenvalue weighted by molar-refractivity contribution is 0.0970. The van der Waals surface area contributed by atoms with Gasteiger partial charge in [-0.15, -0.1) is 22.7 Å². The molecule has 37 heavy (non-hydrogen) atoms. The number of thiophene rings is 1. The van der Waals surface area contributed by atoms with Crippen LogP contribution in [0, 0.1) is 6.92 Å². The largest absolute Gasteiger partial charge is 0.349 e. The Hall–Kier alpha value is -4.07. The van der Waals surface area contributed by atoms with Gasteiger partial charge in [0.25, 0.3) is 5.91 Å². The lowest BCUT2D eigenvalue weighted by atomic mass is 9.98. The summed E-state index contributed by atoms with van der Waals surface area (Å²) in [7, 11) is 2.00. The first-order chi connectivity index (χ1) is 18.0. The molecule has 1 aliphatic heterocycles. The van der Waals surface area contributed by atoms with E-state index >= 15 is 0 Å². The van der Waals surface area contributed by atoms with Gasteiger partial charge in [0.05, 0.1) is 32.5 Å². The molecule has 0 fully saturated rings. The summed E-state index contributed by atoms with van der Waals surface area (Å²) in [6.07, 6.45) is -0.425. The highest BCUT2D eigenvalue weighted by Crippen LogP contribution is 2.44. The van der Waals surface area contributed by atoms with Crippen LogP contribution < -0.4 is 9.80 Å². The number of ketones is 1. The third-order valence-electron chi connectivity index (χ3n) is 6.54. The minimum Gasteiger partial charge on any atom is -0.349 e. The van der Waals surface area contributed by atoms with Crippen LogP contribution in [0.3, 0.4) is 0 Å². The average molecular weight is 522 g/mol. The van der Waals surface area contributed by atoms with Gasteiger partial charge in [-0.1, -0.05) is 54.6 Å². The molecule has 7 heteroatoms. The lowest BCUT2D eigenvalue weighted by Crippen LogP contribution is -2.48. The van der Waals surface area contributed by atoms with E-state index in [1.165, 1.54) is 0 Å². The van der Waals surface area contributed by atoms with Crippen molar-refractivity contribution < 1.29 is 9.59 Å². The molecule has 2 aromatic heterocycles. The summed E-state index contributed by atoms with van der Waals surface area (Å²) < 4.78 is 0. The number of carbonyl (C=O) groups excluding carboxylic acids is 2. The molecule has 0 saturated carbocycles. The normalized spacial score (nSPS) is 15.1. The first-order valence-corrected chi connectivity index (χ1v) is 13.6. The van der Waals surface area contributed by atoms with E-state index in [0.717, 1.165) is 26.1 Å². The minimum absolute atomic E-state index is 0.117. The van der Waals surface area contributed by atoms with Crippen LogP contribution in [0.4, 0.5) is 11.4 Å². The van der Waals surface area contributed by atoms with Crippen molar-refractivity contribution in [2.24, 2.45) is 0 Å². The van der Waals surface area contributed by atoms with E-state index in [2.05, 4.69) is 27.4 Å². The molecule has 0 aliphatic carbocycles. The van der Waals surface area contributed by atoms with E-state index in [1.807, 2.05) is 74.6 Å². The number of nitrogens with zero attached hydrogens (tertiary/aromatic N) is 3. The Morgan fingerprint density at radius 2 is 1.57 bits per heavy atom. The molecule has 6 rings (SSSR count). The zero-order valence-electron chi connectivity index (χ0n) is 20.3. The Kier molecular flexibility index (Phi) is 5.94. The number of carbonyl (C=O) groups is 2. The van der Waals surface area contributed by atoms with Crippen molar-refractivity contribution in [1.29, 1.82) is 0 Å². The highest BCUT2D eigenvalue weighted by molar-refractivity contribution is 7.16. The van der Waals surface area contributed by atoms with Crippen LogP contribution in [0.25, 0.3) is 10.6 Å². The molecular weight excluding hydrogens is 498 g/mol. The smallest absolute Gasteiger partial charge is 0.262 e. The number of para-hydroxylation sites is 2. The Labute approximate surface area is 223 Å². The second-order valence-electron chi connectivity index (χ2n) is 8.84. The van der Waals surface area contributed by atoms with E-state index in [4.69, 9.17) is 0 Å². The number of thiazole rings is 1. The summed E-state index contributed by atoms with van der Waals surface area (Å²) in [6, 6.07) is 28.3. The fraction of sp³-hybridized carbons (Fsp3) is 0.100. The molecule has 0 radical (unpaired) electrons. The van der Waals surface area contributed by atoms with Gasteiger partial charge in [-0.25, -0.2) is 4.98 Å². The van der Waals surface area contributed by atoms with Crippen LogP contribution in [-0.4, -0.2) is 23.7 Å². The number of hydrogen-bond donors (Lipinski definition) is 0. The number of fused-ring (bicyclic) bond motifs is 1. The summed E-state index contributed by atoms with van der Waals surface area (Å²) in [5.74, 6) is -0.249. The number of aryl methyl sites for hydroxylation is 1. The van der Waals surface area contributed by atoms with Crippen LogP contribution in [0.1, 0.15) is 42.3 Å². The van der Waals surface area contributed by atoms with Gasteiger partial charge in [-0.2, -0.15) is 0 Å². The number of rotatable bonds is 5. The summed E-state index contributed by atoms with van der Waals surface area (Å²) >= 11 is 3.24. The van der Waals surface area contributed by atoms with E-state index < -0.39 is 6.17 Å². The molecule has 5 nitrogen and oxygen atoms in total. The van der Waals surface area contributed by atoms with Crippen molar-refractivity contribution in [2.45, 2.75) is 13.1 Å². The van der Waals surface area contributed by atoms with Gasteiger partial charge in [0, 0.05) is 28.4 Å². The molecule has 3 heterocycles. The quantitative estimate of drug-likeness (QED) is 0.229. The van der Waals surface area contributed by atoms with Gasteiger partial charge in [-0.3, -0.25) is 14.5 Å². The van der Waals surface area contributed by atoms with Gasteiger partial charge in [0.1, 0.15) is 6.17 Å². The first kappa shape index (κ1) is 23.3. The maximum atomic E-state index is 14.1. The maximum Gasteiger partial charge on any atom is 0.262 e. The molecule has 1 unspecified atom stereocenters. The summed E-state index contributed by atoms with van der Waals surface area (Å²) in [5.41, 5.74) is 4.08. The predicted octanol–water partition coefficient (Wildman–Crippen LogP) is 7.21. The molecule has 1 amide bonds. The Bertz CT molecular complexity index is 1620. The summed E-state index contributed by atoms with van der Waals surface area (Å²) in [5, 5.41) is 3.07. The number of anilines is 2. The molecule has 182 valence electrons. The molecule has 0 spiro atoms. The second kappa shape index (κ2) is 9.42. The van der Waals surface area contributed by atoms with Crippen LogP contribution in [0.5, 0.6) is 0 Å². The van der Waals surface area contributed by atoms with E-state index in [-0.39, 0.29) is 11.7 Å². The standard InChI is InChI=1S/C30H23N3O2S2/c1-19-31-23(18-36-19)26-16-17-27(37-26)29-32(2)24-14-8-7-13-22(24)30(35)33(29)25-15-9-6-12-21(25)28(34)20-10-4-3-5-11-20/h3-18,29H,1-2H3. The highest BCUT2D eigenvalue weighted by Gasteiger charge is 2.40. The predicted molar refractivity (Wildman–Crippen MR) is 151 cm³/mol. The van der Waals surface area contributed by atoms with Gasteiger partial charge in [0.2, 0.25) is 0 Å². The zero-order valence-corrected chi connectivity index (χ0v) is 21.9. The third-order valence-corrected chi connectivity index (χ3v) is 8.46. The molecule has 0 N–H and O–H groups in total. The molecule has 0 saturated heterocycles. The van der Waals surface area contributed by atoms with Crippen molar-refractivity contribution in [3.8, 4) is 10.6 Å². The van der Waals surface area contributed by atoms with E-state index in [0.29, 0.717) is 22.4 Å². The zero-order chi connectivity index (χ0) is 25.5. The molecule has 0 bridgehead atoms. The highest BCUT2D eigenvalue weighted by atomic mass is 32.1. The van der Waals surface area contributed by atoms with E-state index in [9.17, 15) is 9.59 Å². The molecule has 1 atom stereocenters. The fourth-order valence-electron chi connectivity index (χ4n) is 4.79. The summed E-state index contributed by atoms with van der Waals surface area (Å²) in [6.45, 7) is 2.00. The topological polar surface area (TPSA) is 53.5 Å². The number of amides is 1. The molecule has 3 aromatic carbocycles. The number of hydrogen-bond acceptors (Lipinski definition) is 6. The molecular formula is C30H23N3O2S2. The van der Waals surface area contributed by atoms with E-state index in [1.54, 1.807) is 45.8 Å². The average Bonchev–Trinajstić information content (AvgIpc) is 3.60. The number of benzene rings is 3. The summed E-state index contributed by atoms with van der Waals surface area (Å²) in [4.78, 5) is 38.3. The van der Waals surface area contributed by atoms with Crippen molar-refractivity contribution in [3.63, 3.8) is 0 Å². The third kappa shape index (κ3) is 4.06. The molecule has 5 aromatic rings. The fourth-order valence-corrected chi connectivity index (χ4v) is 6.59. The lowest BCUT2D eigenvalue weighted by Gasteiger charge is -2.43. The Balaban J connectivity index is 1.51. The maximum absolute atomic E-state index is 14.1. The van der Waals surface area contributed by atoms with Crippen molar-refractivity contribution >= 4 is 45.7 Å². The van der Waals surface area contributed by atoms with Crippen LogP contribution in [0.2, 0.25) is 0 Å². The van der Waals surface area contributed by atoms with Crippen LogP contribution in [0.15, 0.2) is 96.4 Å². The van der Waals surface area contributed by atoms with Crippen LogP contribution in [-0.2, 0) is 0 Å². The van der Waals surface area contributed by atoms with Crippen molar-refractivity contribution in [2.75, 3.05) is 16.8 Å². The Morgan fingerprint density at radius 3 is 2.32 bits per heavy atom. The van der Waals surface area contributed by atoms with Gasteiger partial charge in [0.15, 0.2) is 5.78 Å². The Morgan fingerprint density at radius 1 is 0.865 bits per heavy atom. The monoisotopic (exact) mass is 521 g/mol. The SMILES string of the molecule is Cc1nc(-c2ccc(C3N(C)c4ccccc4C(=O)N3c3ccccc3C(=O)c3ccccc3)s2)cs1. The minimum atomic E-state index is -0.425. The number of aromatic nitrogens is 1. The van der Waals surface area contributed by atoms with Crippen molar-refractivity contribution in [3.05, 3.63) is 123 Å². The second-order valence-corrected chi connectivity index (χ2v) is 11.0. The van der Waals surface area contributed by atoms with Gasteiger partial charge >= 0.3 is 0 Å². The van der Waals surface area contributed by atoms with Crippen molar-refractivity contribution in [1.82, 2.24) is 4.98 Å². The molecule has 1 aliphatic rings.